The Hall–Kier alpha value is -2.04. The average molecular weight is 435 g/mol. The molecule has 2 aromatic rings. The number of halogens is 2. The van der Waals surface area contributed by atoms with Gasteiger partial charge in [0.2, 0.25) is 11.8 Å². The van der Waals surface area contributed by atoms with Gasteiger partial charge < -0.3 is 10.2 Å². The van der Waals surface area contributed by atoms with E-state index in [1.165, 1.54) is 0 Å². The maximum Gasteiger partial charge on any atom is 0.242 e. The first kappa shape index (κ1) is 23.2. The van der Waals surface area contributed by atoms with Crippen molar-refractivity contribution in [2.45, 2.75) is 59.2 Å². The molecule has 2 rings (SSSR count). The molecule has 2 aromatic carbocycles. The Balaban J connectivity index is 2.32. The van der Waals surface area contributed by atoms with Crippen molar-refractivity contribution < 1.29 is 9.59 Å². The topological polar surface area (TPSA) is 49.4 Å². The SMILES string of the molecule is Cc1cccc(CN(C(=O)Cc2c(Cl)cccc2Cl)C(C)C(=O)NC(C)(C)C)c1. The van der Waals surface area contributed by atoms with Gasteiger partial charge in [-0.15, -0.1) is 0 Å². The normalized spacial score (nSPS) is 12.4. The van der Waals surface area contributed by atoms with Crippen LogP contribution in [0.25, 0.3) is 0 Å². The average Bonchev–Trinajstić information content (AvgIpc) is 2.61. The molecule has 0 aliphatic rings. The summed E-state index contributed by atoms with van der Waals surface area (Å²) in [6.45, 7) is 9.79. The highest BCUT2D eigenvalue weighted by atomic mass is 35.5. The first-order valence-corrected chi connectivity index (χ1v) is 10.3. The molecule has 1 unspecified atom stereocenters. The van der Waals surface area contributed by atoms with E-state index in [0.29, 0.717) is 22.2 Å². The second kappa shape index (κ2) is 9.64. The van der Waals surface area contributed by atoms with Crippen molar-refractivity contribution in [2.75, 3.05) is 0 Å². The maximum absolute atomic E-state index is 13.2. The number of amides is 2. The van der Waals surface area contributed by atoms with E-state index in [4.69, 9.17) is 23.2 Å². The minimum atomic E-state index is -0.650. The lowest BCUT2D eigenvalue weighted by Gasteiger charge is -2.31. The number of aryl methyl sites for hydroxylation is 1. The molecule has 0 spiro atoms. The first-order chi connectivity index (χ1) is 13.5. The summed E-state index contributed by atoms with van der Waals surface area (Å²) < 4.78 is 0. The molecule has 6 heteroatoms. The lowest BCUT2D eigenvalue weighted by Crippen LogP contribution is -2.52. The molecule has 1 N–H and O–H groups in total. The molecule has 0 radical (unpaired) electrons. The summed E-state index contributed by atoms with van der Waals surface area (Å²) >= 11 is 12.5. The number of carbonyl (C=O) groups excluding carboxylic acids is 2. The van der Waals surface area contributed by atoms with Crippen molar-refractivity contribution >= 4 is 35.0 Å². The van der Waals surface area contributed by atoms with E-state index in [-0.39, 0.29) is 18.2 Å². The Morgan fingerprint density at radius 3 is 2.21 bits per heavy atom. The highest BCUT2D eigenvalue weighted by Gasteiger charge is 2.29. The Bertz CT molecular complexity index is 870. The van der Waals surface area contributed by atoms with Gasteiger partial charge in [-0.05, 0) is 57.9 Å². The van der Waals surface area contributed by atoms with Crippen LogP contribution in [0.3, 0.4) is 0 Å². The van der Waals surface area contributed by atoms with Crippen LogP contribution >= 0.6 is 23.2 Å². The van der Waals surface area contributed by atoms with Crippen molar-refractivity contribution in [1.82, 2.24) is 10.2 Å². The number of rotatable bonds is 6. The molecule has 0 aromatic heterocycles. The van der Waals surface area contributed by atoms with Crippen LogP contribution < -0.4 is 5.32 Å². The second-order valence-corrected chi connectivity index (χ2v) is 9.12. The Morgan fingerprint density at radius 2 is 1.66 bits per heavy atom. The summed E-state index contributed by atoms with van der Waals surface area (Å²) in [6.07, 6.45) is 0.0253. The van der Waals surface area contributed by atoms with Crippen molar-refractivity contribution in [3.8, 4) is 0 Å². The monoisotopic (exact) mass is 434 g/mol. The molecule has 156 valence electrons. The quantitative estimate of drug-likeness (QED) is 0.680. The molecule has 29 heavy (non-hydrogen) atoms. The van der Waals surface area contributed by atoms with E-state index in [1.54, 1.807) is 30.0 Å². The molecule has 2 amide bonds. The third kappa shape index (κ3) is 6.76. The van der Waals surface area contributed by atoms with E-state index in [9.17, 15) is 9.59 Å². The van der Waals surface area contributed by atoms with E-state index in [2.05, 4.69) is 5.32 Å². The first-order valence-electron chi connectivity index (χ1n) is 9.58. The molecule has 4 nitrogen and oxygen atoms in total. The third-order valence-electron chi connectivity index (χ3n) is 4.49. The zero-order valence-electron chi connectivity index (χ0n) is 17.6. The molecule has 1 atom stereocenters. The highest BCUT2D eigenvalue weighted by molar-refractivity contribution is 6.36. The summed E-state index contributed by atoms with van der Waals surface area (Å²) in [5.74, 6) is -0.415. The van der Waals surface area contributed by atoms with Crippen molar-refractivity contribution in [3.63, 3.8) is 0 Å². The number of nitrogens with zero attached hydrogens (tertiary/aromatic N) is 1. The minimum absolute atomic E-state index is 0.0253. The highest BCUT2D eigenvalue weighted by Crippen LogP contribution is 2.26. The zero-order chi connectivity index (χ0) is 21.8. The van der Waals surface area contributed by atoms with Crippen LogP contribution in [0, 0.1) is 6.92 Å². The summed E-state index contributed by atoms with van der Waals surface area (Å²) in [4.78, 5) is 27.6. The van der Waals surface area contributed by atoms with E-state index < -0.39 is 11.6 Å². The predicted octanol–water partition coefficient (Wildman–Crippen LogP) is 5.18. The van der Waals surface area contributed by atoms with Gasteiger partial charge in [0.25, 0.3) is 0 Å². The smallest absolute Gasteiger partial charge is 0.242 e. The number of nitrogens with one attached hydrogen (secondary N) is 1. The number of carbonyl (C=O) groups is 2. The van der Waals surface area contributed by atoms with Gasteiger partial charge in [0, 0.05) is 22.1 Å². The van der Waals surface area contributed by atoms with Crippen LogP contribution in [0.15, 0.2) is 42.5 Å². The second-order valence-electron chi connectivity index (χ2n) is 8.30. The van der Waals surface area contributed by atoms with Crippen LogP contribution in [0.5, 0.6) is 0 Å². The summed E-state index contributed by atoms with van der Waals surface area (Å²) in [5.41, 5.74) is 2.23. The zero-order valence-corrected chi connectivity index (χ0v) is 19.1. The fourth-order valence-corrected chi connectivity index (χ4v) is 3.55. The predicted molar refractivity (Wildman–Crippen MR) is 119 cm³/mol. The van der Waals surface area contributed by atoms with Crippen LogP contribution in [-0.4, -0.2) is 28.3 Å². The molecule has 0 heterocycles. The number of hydrogen-bond acceptors (Lipinski definition) is 2. The van der Waals surface area contributed by atoms with Gasteiger partial charge >= 0.3 is 0 Å². The number of benzene rings is 2. The van der Waals surface area contributed by atoms with Gasteiger partial charge in [-0.25, -0.2) is 0 Å². The molecule has 0 saturated heterocycles. The van der Waals surface area contributed by atoms with E-state index in [0.717, 1.165) is 11.1 Å². The Labute approximate surface area is 183 Å². The third-order valence-corrected chi connectivity index (χ3v) is 5.20. The molecule has 0 aliphatic carbocycles. The Morgan fingerprint density at radius 1 is 1.07 bits per heavy atom. The molecule has 0 aliphatic heterocycles. The van der Waals surface area contributed by atoms with Gasteiger partial charge in [-0.1, -0.05) is 59.1 Å². The van der Waals surface area contributed by atoms with Gasteiger partial charge in [0.05, 0.1) is 6.42 Å². The van der Waals surface area contributed by atoms with Crippen LogP contribution in [0.1, 0.15) is 44.4 Å². The molecule has 0 fully saturated rings. The van der Waals surface area contributed by atoms with Crippen molar-refractivity contribution in [2.24, 2.45) is 0 Å². The Kier molecular flexibility index (Phi) is 7.73. The largest absolute Gasteiger partial charge is 0.350 e. The standard InChI is InChI=1S/C23H28Cl2N2O2/c1-15-8-6-9-17(12-15)14-27(16(2)22(29)26-23(3,4)5)21(28)13-18-19(24)10-7-11-20(18)25/h6-12,16H,13-14H2,1-5H3,(H,26,29). The van der Waals surface area contributed by atoms with E-state index in [1.807, 2.05) is 52.0 Å². The van der Waals surface area contributed by atoms with Crippen molar-refractivity contribution in [3.05, 3.63) is 69.2 Å². The van der Waals surface area contributed by atoms with Gasteiger partial charge in [0.1, 0.15) is 6.04 Å². The lowest BCUT2D eigenvalue weighted by atomic mass is 10.1. The van der Waals surface area contributed by atoms with Gasteiger partial charge in [-0.3, -0.25) is 9.59 Å². The van der Waals surface area contributed by atoms with Crippen LogP contribution in [0.4, 0.5) is 0 Å². The van der Waals surface area contributed by atoms with E-state index >= 15 is 0 Å². The van der Waals surface area contributed by atoms with Gasteiger partial charge in [0.15, 0.2) is 0 Å². The fourth-order valence-electron chi connectivity index (χ4n) is 3.02. The molecular formula is C23H28Cl2N2O2. The van der Waals surface area contributed by atoms with Gasteiger partial charge in [-0.2, -0.15) is 0 Å². The molecule has 0 saturated carbocycles. The number of hydrogen-bond donors (Lipinski definition) is 1. The fraction of sp³-hybridized carbons (Fsp3) is 0.391. The molecular weight excluding hydrogens is 407 g/mol. The molecule has 0 bridgehead atoms. The van der Waals surface area contributed by atoms with Crippen LogP contribution in [-0.2, 0) is 22.6 Å². The summed E-state index contributed by atoms with van der Waals surface area (Å²) in [6, 6.07) is 12.4. The summed E-state index contributed by atoms with van der Waals surface area (Å²) in [7, 11) is 0. The van der Waals surface area contributed by atoms with Crippen LogP contribution in [0.2, 0.25) is 10.0 Å². The summed E-state index contributed by atoms with van der Waals surface area (Å²) in [5, 5.41) is 3.83. The van der Waals surface area contributed by atoms with Crippen molar-refractivity contribution in [1.29, 1.82) is 0 Å². The lowest BCUT2D eigenvalue weighted by molar-refractivity contribution is -0.140. The minimum Gasteiger partial charge on any atom is -0.350 e. The maximum atomic E-state index is 13.2.